The molecule has 13 heteroatoms. The molecule has 0 aliphatic carbocycles. The first-order valence-corrected chi connectivity index (χ1v) is 12.8. The first-order chi connectivity index (χ1) is 19.1. The van der Waals surface area contributed by atoms with Gasteiger partial charge in [-0.2, -0.15) is 0 Å². The van der Waals surface area contributed by atoms with Gasteiger partial charge in [-0.3, -0.25) is 0 Å². The Morgan fingerprint density at radius 2 is 1.93 bits per heavy atom. The molecule has 0 bridgehead atoms. The van der Waals surface area contributed by atoms with Gasteiger partial charge < -0.3 is 28.6 Å². The van der Waals surface area contributed by atoms with Gasteiger partial charge >= 0.3 is 0 Å². The Kier molecular flexibility index (Phi) is 7.82. The molecule has 40 heavy (non-hydrogen) atoms. The quantitative estimate of drug-likeness (QED) is 0.330. The second kappa shape index (κ2) is 11.2. The van der Waals surface area contributed by atoms with Crippen molar-refractivity contribution in [2.45, 2.75) is 76.6 Å². The molecule has 0 spiro atoms. The molecule has 1 aromatic carbocycles. The third kappa shape index (κ3) is 5.55. The molecule has 214 valence electrons. The molecular formula is C27H31F2N5O6. The maximum absolute atomic E-state index is 14.7. The number of hydrogen-bond acceptors (Lipinski definition) is 10. The van der Waals surface area contributed by atoms with Crippen LogP contribution in [-0.2, 0) is 27.9 Å². The monoisotopic (exact) mass is 559 g/mol. The first-order valence-electron chi connectivity index (χ1n) is 12.8. The number of oxazole rings is 1. The number of rotatable bonds is 8. The van der Waals surface area contributed by atoms with Crippen LogP contribution in [0.2, 0.25) is 0 Å². The summed E-state index contributed by atoms with van der Waals surface area (Å²) in [5.41, 5.74) is 0.643. The lowest BCUT2D eigenvalue weighted by molar-refractivity contribution is -0.222. The predicted octanol–water partition coefficient (Wildman–Crippen LogP) is 3.30. The van der Waals surface area contributed by atoms with Crippen LogP contribution in [0.25, 0.3) is 11.3 Å². The maximum Gasteiger partial charge on any atom is 0.180 e. The summed E-state index contributed by atoms with van der Waals surface area (Å²) in [7, 11) is 0. The summed E-state index contributed by atoms with van der Waals surface area (Å²) < 4.78 is 53.5. The summed E-state index contributed by atoms with van der Waals surface area (Å²) in [6, 6.07) is 3.74. The van der Waals surface area contributed by atoms with Crippen molar-refractivity contribution in [3.05, 3.63) is 71.4 Å². The van der Waals surface area contributed by atoms with E-state index in [1.807, 2.05) is 26.8 Å². The van der Waals surface area contributed by atoms with Gasteiger partial charge in [0, 0.05) is 23.5 Å². The summed E-state index contributed by atoms with van der Waals surface area (Å²) in [5, 5.41) is 33.6. The predicted molar refractivity (Wildman–Crippen MR) is 135 cm³/mol. The van der Waals surface area contributed by atoms with Gasteiger partial charge in [-0.05, 0) is 18.6 Å². The second-order valence-electron chi connectivity index (χ2n) is 10.9. The fraction of sp³-hybridized carbons (Fsp3) is 0.481. The lowest BCUT2D eigenvalue weighted by Crippen LogP contribution is -2.57. The maximum atomic E-state index is 14.7. The molecule has 0 saturated carbocycles. The van der Waals surface area contributed by atoms with E-state index in [1.165, 1.54) is 42.5 Å². The van der Waals surface area contributed by atoms with E-state index < -0.39 is 48.7 Å². The van der Waals surface area contributed by atoms with Crippen molar-refractivity contribution in [3.63, 3.8) is 0 Å². The number of hydrogen-bond donors (Lipinski definition) is 2. The SMILES string of the molecule is Cc1ccc(-c2cn([C@H]3[C@@H](O)[C@@H](CO)O[C@H](Cc4cc(C(C)(C)C)no4)[C@@H]3OCc3cnco3)nn2)c(F)c1F. The largest absolute Gasteiger partial charge is 0.446 e. The summed E-state index contributed by atoms with van der Waals surface area (Å²) >= 11 is 0. The van der Waals surface area contributed by atoms with Crippen LogP contribution in [0.5, 0.6) is 0 Å². The first kappa shape index (κ1) is 28.0. The minimum Gasteiger partial charge on any atom is -0.446 e. The Morgan fingerprint density at radius 1 is 1.12 bits per heavy atom. The van der Waals surface area contributed by atoms with Crippen LogP contribution < -0.4 is 0 Å². The van der Waals surface area contributed by atoms with Crippen molar-refractivity contribution < 1.29 is 37.4 Å². The highest BCUT2D eigenvalue weighted by Gasteiger charge is 2.48. The van der Waals surface area contributed by atoms with Crippen molar-refractivity contribution >= 4 is 0 Å². The minimum atomic E-state index is -1.30. The van der Waals surface area contributed by atoms with Crippen molar-refractivity contribution in [1.29, 1.82) is 0 Å². The smallest absolute Gasteiger partial charge is 0.180 e. The summed E-state index contributed by atoms with van der Waals surface area (Å²) in [4.78, 5) is 3.90. The molecule has 4 heterocycles. The fourth-order valence-corrected chi connectivity index (χ4v) is 4.69. The van der Waals surface area contributed by atoms with Crippen LogP contribution in [0.15, 0.2) is 45.9 Å². The van der Waals surface area contributed by atoms with Gasteiger partial charge in [-0.15, -0.1) is 5.10 Å². The number of aliphatic hydroxyl groups excluding tert-OH is 2. The van der Waals surface area contributed by atoms with Gasteiger partial charge in [-0.25, -0.2) is 18.4 Å². The molecule has 1 aliphatic rings. The van der Waals surface area contributed by atoms with E-state index in [0.717, 1.165) is 5.69 Å². The van der Waals surface area contributed by atoms with Crippen LogP contribution in [0.1, 0.15) is 49.6 Å². The fourth-order valence-electron chi connectivity index (χ4n) is 4.69. The van der Waals surface area contributed by atoms with Crippen molar-refractivity contribution in [3.8, 4) is 11.3 Å². The van der Waals surface area contributed by atoms with Crippen LogP contribution in [0.4, 0.5) is 8.78 Å². The third-order valence-corrected chi connectivity index (χ3v) is 6.96. The molecule has 11 nitrogen and oxygen atoms in total. The normalized spacial score (nSPS) is 23.6. The zero-order valence-corrected chi connectivity index (χ0v) is 22.5. The molecule has 0 amide bonds. The Morgan fingerprint density at radius 3 is 2.60 bits per heavy atom. The summed E-state index contributed by atoms with van der Waals surface area (Å²) in [5.74, 6) is -1.08. The molecule has 1 aliphatic heterocycles. The van der Waals surface area contributed by atoms with Crippen molar-refractivity contribution in [1.82, 2.24) is 25.1 Å². The Balaban J connectivity index is 1.50. The molecule has 3 aromatic heterocycles. The lowest BCUT2D eigenvalue weighted by atomic mass is 9.89. The van der Waals surface area contributed by atoms with E-state index in [-0.39, 0.29) is 35.3 Å². The Bertz CT molecular complexity index is 1430. The van der Waals surface area contributed by atoms with Crippen LogP contribution in [0, 0.1) is 18.6 Å². The van der Waals surface area contributed by atoms with E-state index in [9.17, 15) is 19.0 Å². The standard InChI is InChI=1S/C27H31F2N5O6/c1-14-5-6-17(23(29)22(14)28)18-10-34(33-31-18)24-25(36)20(11-35)39-19(26(24)37-12-16-9-30-13-38-16)7-15-8-21(32-40-15)27(2,3)4/h5-6,8-10,13,19-20,24-26,35-36H,7,11-12H2,1-4H3/t19-,20-,24+,25+,26+/m1/s1. The number of aliphatic hydroxyl groups is 2. The minimum absolute atomic E-state index is 0.0134. The molecule has 1 fully saturated rings. The molecule has 5 rings (SSSR count). The average molecular weight is 560 g/mol. The van der Waals surface area contributed by atoms with E-state index >= 15 is 0 Å². The molecule has 0 radical (unpaired) electrons. The Hall–Kier alpha value is -3.52. The lowest BCUT2D eigenvalue weighted by Gasteiger charge is -2.44. The molecule has 4 aromatic rings. The van der Waals surface area contributed by atoms with Crippen LogP contribution >= 0.6 is 0 Å². The van der Waals surface area contributed by atoms with Gasteiger partial charge in [0.25, 0.3) is 0 Å². The topological polar surface area (TPSA) is 142 Å². The van der Waals surface area contributed by atoms with Gasteiger partial charge in [0.1, 0.15) is 48.2 Å². The molecule has 5 atom stereocenters. The van der Waals surface area contributed by atoms with Gasteiger partial charge in [0.15, 0.2) is 18.0 Å². The summed E-state index contributed by atoms with van der Waals surface area (Å²) in [6.07, 6.45) is 0.438. The summed E-state index contributed by atoms with van der Waals surface area (Å²) in [6.45, 7) is 6.98. The molecule has 2 N–H and O–H groups in total. The highest BCUT2D eigenvalue weighted by molar-refractivity contribution is 5.59. The highest BCUT2D eigenvalue weighted by atomic mass is 19.2. The van der Waals surface area contributed by atoms with Crippen LogP contribution in [0.3, 0.4) is 0 Å². The number of benzene rings is 1. The van der Waals surface area contributed by atoms with E-state index in [0.29, 0.717) is 11.5 Å². The third-order valence-electron chi connectivity index (χ3n) is 6.96. The van der Waals surface area contributed by atoms with E-state index in [2.05, 4.69) is 20.5 Å². The van der Waals surface area contributed by atoms with Gasteiger partial charge in [0.2, 0.25) is 0 Å². The number of aryl methyl sites for hydroxylation is 1. The second-order valence-corrected chi connectivity index (χ2v) is 10.9. The van der Waals surface area contributed by atoms with Crippen molar-refractivity contribution in [2.75, 3.05) is 6.61 Å². The zero-order chi connectivity index (χ0) is 28.6. The van der Waals surface area contributed by atoms with Crippen LogP contribution in [-0.4, -0.2) is 66.4 Å². The zero-order valence-electron chi connectivity index (χ0n) is 22.5. The average Bonchev–Trinajstić information content (AvgIpc) is 3.69. The highest BCUT2D eigenvalue weighted by Crippen LogP contribution is 2.36. The molecular weight excluding hydrogens is 528 g/mol. The number of ether oxygens (including phenoxy) is 2. The molecule has 1 saturated heterocycles. The number of halogens is 2. The Labute approximate surface area is 228 Å². The van der Waals surface area contributed by atoms with Gasteiger partial charge in [-0.1, -0.05) is 37.2 Å². The van der Waals surface area contributed by atoms with E-state index in [1.54, 1.807) is 0 Å². The molecule has 0 unspecified atom stereocenters. The van der Waals surface area contributed by atoms with Gasteiger partial charge in [0.05, 0.1) is 30.8 Å². The number of nitrogens with zero attached hydrogens (tertiary/aromatic N) is 5. The van der Waals surface area contributed by atoms with E-state index in [4.69, 9.17) is 18.4 Å². The van der Waals surface area contributed by atoms with Crippen molar-refractivity contribution in [2.24, 2.45) is 0 Å². The number of aromatic nitrogens is 5.